The number of piperazine rings is 1. The van der Waals surface area contributed by atoms with Crippen molar-refractivity contribution in [2.45, 2.75) is 13.0 Å². The van der Waals surface area contributed by atoms with E-state index in [0.717, 1.165) is 25.0 Å². The van der Waals surface area contributed by atoms with Gasteiger partial charge < -0.3 is 14.6 Å². The molecule has 0 aliphatic carbocycles. The fourth-order valence-electron chi connectivity index (χ4n) is 2.42. The Balaban J connectivity index is 2.08. The molecule has 1 atom stereocenters. The highest BCUT2D eigenvalue weighted by atomic mass is 19.1. The Bertz CT molecular complexity index is 537. The molecular formula is C13H15FN2O. The lowest BCUT2D eigenvalue weighted by Gasteiger charge is -2.33. The molecule has 4 heteroatoms. The molecule has 1 saturated heterocycles. The largest absolute Gasteiger partial charge is 0.462 e. The van der Waals surface area contributed by atoms with Crippen LogP contribution in [0.2, 0.25) is 0 Å². The van der Waals surface area contributed by atoms with Gasteiger partial charge in [-0.1, -0.05) is 0 Å². The van der Waals surface area contributed by atoms with Crippen molar-refractivity contribution < 1.29 is 8.81 Å². The lowest BCUT2D eigenvalue weighted by atomic mass is 10.1. The number of halogens is 1. The monoisotopic (exact) mass is 234 g/mol. The molecule has 0 unspecified atom stereocenters. The first-order chi connectivity index (χ1) is 8.25. The number of benzene rings is 1. The highest BCUT2D eigenvalue weighted by Gasteiger charge is 2.22. The minimum Gasteiger partial charge on any atom is -0.462 e. The summed E-state index contributed by atoms with van der Waals surface area (Å²) in [7, 11) is 0. The molecule has 1 N–H and O–H groups in total. The second-order valence-electron chi connectivity index (χ2n) is 4.54. The summed E-state index contributed by atoms with van der Waals surface area (Å²) in [6, 6.07) is 5.50. The minimum atomic E-state index is -0.207. The summed E-state index contributed by atoms with van der Waals surface area (Å²) in [6.45, 7) is 4.59. The smallest absolute Gasteiger partial charge is 0.160 e. The summed E-state index contributed by atoms with van der Waals surface area (Å²) in [5.41, 5.74) is 1.25. The zero-order valence-corrected chi connectivity index (χ0v) is 9.74. The van der Waals surface area contributed by atoms with Gasteiger partial charge in [0.2, 0.25) is 0 Å². The number of anilines is 1. The second-order valence-corrected chi connectivity index (χ2v) is 4.54. The first-order valence-corrected chi connectivity index (χ1v) is 5.90. The van der Waals surface area contributed by atoms with Gasteiger partial charge in [-0.3, -0.25) is 0 Å². The third-order valence-corrected chi connectivity index (χ3v) is 3.23. The third kappa shape index (κ3) is 1.78. The molecule has 2 heterocycles. The van der Waals surface area contributed by atoms with Crippen LogP contribution in [-0.2, 0) is 0 Å². The standard InChI is InChI=1S/C13H15FN2O/c1-9-8-16(6-5-15-9)12-11(14)3-2-10-4-7-17-13(10)12/h2-4,7,9,15H,5-6,8H2,1H3/t9-/m1/s1. The Morgan fingerprint density at radius 1 is 1.41 bits per heavy atom. The van der Waals surface area contributed by atoms with E-state index in [4.69, 9.17) is 4.42 Å². The maximum absolute atomic E-state index is 14.0. The van der Waals surface area contributed by atoms with Crippen LogP contribution in [0.15, 0.2) is 28.9 Å². The van der Waals surface area contributed by atoms with Gasteiger partial charge >= 0.3 is 0 Å². The van der Waals surface area contributed by atoms with Crippen LogP contribution < -0.4 is 10.2 Å². The first-order valence-electron chi connectivity index (χ1n) is 5.90. The molecule has 1 aromatic heterocycles. The van der Waals surface area contributed by atoms with E-state index in [-0.39, 0.29) is 5.82 Å². The fraction of sp³-hybridized carbons (Fsp3) is 0.385. The Hall–Kier alpha value is -1.55. The summed E-state index contributed by atoms with van der Waals surface area (Å²) in [5.74, 6) is -0.207. The van der Waals surface area contributed by atoms with E-state index in [1.807, 2.05) is 6.07 Å². The molecule has 0 bridgehead atoms. The normalized spacial score (nSPS) is 21.1. The lowest BCUT2D eigenvalue weighted by Crippen LogP contribution is -2.49. The fourth-order valence-corrected chi connectivity index (χ4v) is 2.42. The molecule has 1 aromatic carbocycles. The summed E-state index contributed by atoms with van der Waals surface area (Å²) in [4.78, 5) is 2.06. The highest BCUT2D eigenvalue weighted by molar-refractivity contribution is 5.89. The number of fused-ring (bicyclic) bond motifs is 1. The maximum atomic E-state index is 14.0. The topological polar surface area (TPSA) is 28.4 Å². The van der Waals surface area contributed by atoms with E-state index in [2.05, 4.69) is 17.1 Å². The molecule has 3 nitrogen and oxygen atoms in total. The molecule has 1 aliphatic heterocycles. The van der Waals surface area contributed by atoms with E-state index in [1.54, 1.807) is 12.3 Å². The van der Waals surface area contributed by atoms with Crippen molar-refractivity contribution in [3.8, 4) is 0 Å². The van der Waals surface area contributed by atoms with Crippen molar-refractivity contribution in [2.75, 3.05) is 24.5 Å². The van der Waals surface area contributed by atoms with Crippen LogP contribution in [0.25, 0.3) is 11.0 Å². The Morgan fingerprint density at radius 2 is 2.29 bits per heavy atom. The second kappa shape index (κ2) is 4.04. The van der Waals surface area contributed by atoms with Crippen LogP contribution in [0.1, 0.15) is 6.92 Å². The highest BCUT2D eigenvalue weighted by Crippen LogP contribution is 2.31. The average Bonchev–Trinajstić information content (AvgIpc) is 2.76. The number of hydrogen-bond acceptors (Lipinski definition) is 3. The zero-order chi connectivity index (χ0) is 11.8. The van der Waals surface area contributed by atoms with Crippen molar-refractivity contribution >= 4 is 16.7 Å². The summed E-state index contributed by atoms with van der Waals surface area (Å²) >= 11 is 0. The molecule has 0 amide bonds. The summed E-state index contributed by atoms with van der Waals surface area (Å²) in [5, 5.41) is 4.30. The Kier molecular flexibility index (Phi) is 2.52. The van der Waals surface area contributed by atoms with Gasteiger partial charge in [-0.2, -0.15) is 0 Å². The van der Waals surface area contributed by atoms with Crippen LogP contribution in [0, 0.1) is 5.82 Å². The number of nitrogens with one attached hydrogen (secondary N) is 1. The SMILES string of the molecule is C[C@@H]1CN(c2c(F)ccc3ccoc23)CCN1. The van der Waals surface area contributed by atoms with Crippen molar-refractivity contribution in [3.63, 3.8) is 0 Å². The van der Waals surface area contributed by atoms with Crippen LogP contribution >= 0.6 is 0 Å². The van der Waals surface area contributed by atoms with E-state index in [0.29, 0.717) is 17.3 Å². The van der Waals surface area contributed by atoms with Crippen molar-refractivity contribution in [2.24, 2.45) is 0 Å². The molecule has 0 radical (unpaired) electrons. The predicted octanol–water partition coefficient (Wildman–Crippen LogP) is 2.37. The average molecular weight is 234 g/mol. The molecule has 17 heavy (non-hydrogen) atoms. The molecule has 1 fully saturated rings. The van der Waals surface area contributed by atoms with Crippen molar-refractivity contribution in [3.05, 3.63) is 30.3 Å². The summed E-state index contributed by atoms with van der Waals surface area (Å²) < 4.78 is 19.4. The molecule has 0 spiro atoms. The van der Waals surface area contributed by atoms with Crippen LogP contribution in [0.4, 0.5) is 10.1 Å². The van der Waals surface area contributed by atoms with Crippen LogP contribution in [0.5, 0.6) is 0 Å². The predicted molar refractivity (Wildman–Crippen MR) is 65.8 cm³/mol. The Morgan fingerprint density at radius 3 is 3.12 bits per heavy atom. The third-order valence-electron chi connectivity index (χ3n) is 3.23. The molecule has 0 saturated carbocycles. The number of rotatable bonds is 1. The quantitative estimate of drug-likeness (QED) is 0.821. The van der Waals surface area contributed by atoms with Crippen molar-refractivity contribution in [1.82, 2.24) is 5.32 Å². The van der Waals surface area contributed by atoms with Crippen molar-refractivity contribution in [1.29, 1.82) is 0 Å². The minimum absolute atomic E-state index is 0.207. The van der Waals surface area contributed by atoms with Gasteiger partial charge in [0.25, 0.3) is 0 Å². The van der Waals surface area contributed by atoms with E-state index in [9.17, 15) is 4.39 Å². The van der Waals surface area contributed by atoms with E-state index in [1.165, 1.54) is 6.07 Å². The maximum Gasteiger partial charge on any atom is 0.160 e. The summed E-state index contributed by atoms with van der Waals surface area (Å²) in [6.07, 6.45) is 1.61. The van der Waals surface area contributed by atoms with Crippen LogP contribution in [-0.4, -0.2) is 25.7 Å². The first kappa shape index (κ1) is 10.6. The van der Waals surface area contributed by atoms with Gasteiger partial charge in [-0.05, 0) is 25.1 Å². The van der Waals surface area contributed by atoms with Gasteiger partial charge in [-0.25, -0.2) is 4.39 Å². The van der Waals surface area contributed by atoms with E-state index >= 15 is 0 Å². The lowest BCUT2D eigenvalue weighted by molar-refractivity contribution is 0.477. The zero-order valence-electron chi connectivity index (χ0n) is 9.74. The van der Waals surface area contributed by atoms with E-state index < -0.39 is 0 Å². The molecule has 3 rings (SSSR count). The van der Waals surface area contributed by atoms with Crippen LogP contribution in [0.3, 0.4) is 0 Å². The van der Waals surface area contributed by atoms with Gasteiger partial charge in [0.05, 0.1) is 6.26 Å². The molecule has 90 valence electrons. The number of hydrogen-bond donors (Lipinski definition) is 1. The number of nitrogens with zero attached hydrogens (tertiary/aromatic N) is 1. The molecular weight excluding hydrogens is 219 g/mol. The Labute approximate surface area is 99.2 Å². The van der Waals surface area contributed by atoms with Gasteiger partial charge in [0, 0.05) is 31.1 Å². The molecule has 2 aromatic rings. The van der Waals surface area contributed by atoms with Gasteiger partial charge in [0.15, 0.2) is 5.58 Å². The van der Waals surface area contributed by atoms with Gasteiger partial charge in [0.1, 0.15) is 11.5 Å². The molecule has 1 aliphatic rings. The van der Waals surface area contributed by atoms with Gasteiger partial charge in [-0.15, -0.1) is 0 Å². The number of furan rings is 1.